The smallest absolute Gasteiger partial charge is 0.250 e. The van der Waals surface area contributed by atoms with Crippen molar-refractivity contribution in [2.45, 2.75) is 13.8 Å². The van der Waals surface area contributed by atoms with E-state index in [1.807, 2.05) is 30.3 Å². The summed E-state index contributed by atoms with van der Waals surface area (Å²) < 4.78 is 0. The molecule has 7 nitrogen and oxygen atoms in total. The van der Waals surface area contributed by atoms with Crippen molar-refractivity contribution in [1.82, 2.24) is 9.88 Å². The van der Waals surface area contributed by atoms with Crippen LogP contribution < -0.4 is 10.2 Å². The summed E-state index contributed by atoms with van der Waals surface area (Å²) in [5, 5.41) is 24.2. The van der Waals surface area contributed by atoms with Gasteiger partial charge in [0.25, 0.3) is 5.91 Å². The molecule has 0 aliphatic heterocycles. The topological polar surface area (TPSA) is 92.5 Å². The molecular weight excluding hydrogens is 426 g/mol. The summed E-state index contributed by atoms with van der Waals surface area (Å²) in [6, 6.07) is 13.0. The minimum atomic E-state index is -0.264. The molecule has 2 N–H and O–H groups in total. The number of carbonyl (C=O) groups is 1. The van der Waals surface area contributed by atoms with E-state index in [9.17, 15) is 15.2 Å². The maximum Gasteiger partial charge on any atom is 0.250 e. The van der Waals surface area contributed by atoms with Crippen molar-refractivity contribution in [1.29, 1.82) is 5.26 Å². The van der Waals surface area contributed by atoms with Gasteiger partial charge >= 0.3 is 0 Å². The number of amides is 1. The number of rotatable bonds is 9. The van der Waals surface area contributed by atoms with Gasteiger partial charge < -0.3 is 20.2 Å². The van der Waals surface area contributed by atoms with Crippen LogP contribution in [0, 0.1) is 11.3 Å². The average Bonchev–Trinajstić information content (AvgIpc) is 2.86. The van der Waals surface area contributed by atoms with Gasteiger partial charge in [0.1, 0.15) is 11.8 Å². The maximum absolute atomic E-state index is 12.8. The molecule has 1 amide bonds. The van der Waals surface area contributed by atoms with Gasteiger partial charge in [0, 0.05) is 43.0 Å². The number of hydrogen-bond donors (Lipinski definition) is 2. The number of hydrogen-bond acceptors (Lipinski definition) is 6. The van der Waals surface area contributed by atoms with Crippen LogP contribution in [0.4, 0.5) is 17.1 Å². The van der Waals surface area contributed by atoms with Gasteiger partial charge in [0.05, 0.1) is 22.5 Å². The first kappa shape index (κ1) is 24.5. The Kier molecular flexibility index (Phi) is 8.01. The number of pyridine rings is 1. The maximum atomic E-state index is 12.8. The number of nitrogens with zero attached hydrogens (tertiary/aromatic N) is 4. The zero-order chi connectivity index (χ0) is 24.7. The number of anilines is 3. The molecule has 0 saturated carbocycles. The lowest BCUT2D eigenvalue weighted by molar-refractivity contribution is -0.113. The van der Waals surface area contributed by atoms with Gasteiger partial charge in [0.2, 0.25) is 0 Å². The summed E-state index contributed by atoms with van der Waals surface area (Å²) in [5.74, 6) is -0.336. The Bertz CT molecular complexity index is 1270. The lowest BCUT2D eigenvalue weighted by Crippen LogP contribution is -2.26. The Morgan fingerprint density at radius 3 is 2.71 bits per heavy atom. The van der Waals surface area contributed by atoms with Gasteiger partial charge in [-0.15, -0.1) is 0 Å². The first-order valence-corrected chi connectivity index (χ1v) is 11.1. The summed E-state index contributed by atoms with van der Waals surface area (Å²) >= 11 is 0. The molecule has 0 unspecified atom stereocenters. The van der Waals surface area contributed by atoms with Gasteiger partial charge in [-0.2, -0.15) is 5.26 Å². The number of benzene rings is 2. The normalized spacial score (nSPS) is 11.0. The molecule has 2 aromatic carbocycles. The monoisotopic (exact) mass is 455 g/mol. The molecule has 34 heavy (non-hydrogen) atoms. The van der Waals surface area contributed by atoms with E-state index in [2.05, 4.69) is 41.7 Å². The number of phenolic OH excluding ortho intramolecular Hbond substituents is 1. The van der Waals surface area contributed by atoms with Crippen LogP contribution in [0.15, 0.2) is 61.3 Å². The molecule has 0 saturated heterocycles. The van der Waals surface area contributed by atoms with Crippen LogP contribution in [0.5, 0.6) is 5.75 Å². The highest BCUT2D eigenvalue weighted by molar-refractivity contribution is 6.05. The Balaban J connectivity index is 2.01. The molecule has 0 atom stereocenters. The zero-order valence-electron chi connectivity index (χ0n) is 19.7. The van der Waals surface area contributed by atoms with Crippen molar-refractivity contribution in [2.24, 2.45) is 0 Å². The number of aromatic hydroxyl groups is 1. The largest absolute Gasteiger partial charge is 0.506 e. The molecular formula is C27H29N5O2. The second-order valence-corrected chi connectivity index (χ2v) is 7.76. The standard InChI is InChI=1S/C27H29N5O2/c1-5-19-10-8-11-21(14-19)30-27-20(17-28)18-29-23-16-25(33)24(15-22(23)27)31(4)26(34)12-9-13-32(6-2)7-3/h5,8-12,14-16,18,33H,1,6-7,13H2,2-4H3,(H,29,30)/b12-9+. The molecule has 1 aromatic heterocycles. The van der Waals surface area contributed by atoms with Gasteiger partial charge in [0.15, 0.2) is 0 Å². The number of phenols is 1. The van der Waals surface area contributed by atoms with E-state index < -0.39 is 0 Å². The highest BCUT2D eigenvalue weighted by Gasteiger charge is 2.17. The fourth-order valence-corrected chi connectivity index (χ4v) is 3.61. The predicted octanol–water partition coefficient (Wildman–Crippen LogP) is 5.06. The molecule has 3 rings (SSSR count). The van der Waals surface area contributed by atoms with E-state index in [-0.39, 0.29) is 11.7 Å². The van der Waals surface area contributed by atoms with Gasteiger partial charge in [-0.1, -0.05) is 44.7 Å². The number of fused-ring (bicyclic) bond motifs is 1. The Labute approximate surface area is 200 Å². The van der Waals surface area contributed by atoms with E-state index in [4.69, 9.17) is 0 Å². The number of aromatic nitrogens is 1. The summed E-state index contributed by atoms with van der Waals surface area (Å²) in [6.45, 7) is 10.4. The van der Waals surface area contributed by atoms with Crippen LogP contribution in [-0.2, 0) is 4.79 Å². The highest BCUT2D eigenvalue weighted by atomic mass is 16.3. The molecule has 0 spiro atoms. The van der Waals surface area contributed by atoms with Crippen molar-refractivity contribution >= 4 is 39.9 Å². The number of carbonyl (C=O) groups excluding carboxylic acids is 1. The minimum Gasteiger partial charge on any atom is -0.506 e. The van der Waals surface area contributed by atoms with E-state index in [1.165, 1.54) is 23.2 Å². The number of nitrogens with one attached hydrogen (secondary N) is 1. The predicted molar refractivity (Wildman–Crippen MR) is 138 cm³/mol. The third-order valence-electron chi connectivity index (χ3n) is 5.69. The van der Waals surface area contributed by atoms with Crippen LogP contribution in [0.3, 0.4) is 0 Å². The van der Waals surface area contributed by atoms with Crippen molar-refractivity contribution in [3.8, 4) is 11.8 Å². The molecule has 0 aliphatic rings. The van der Waals surface area contributed by atoms with Gasteiger partial charge in [-0.05, 0) is 36.9 Å². The van der Waals surface area contributed by atoms with E-state index >= 15 is 0 Å². The molecule has 7 heteroatoms. The van der Waals surface area contributed by atoms with Crippen LogP contribution in [0.25, 0.3) is 17.0 Å². The fraction of sp³-hybridized carbons (Fsp3) is 0.222. The second kappa shape index (κ2) is 11.1. The SMILES string of the molecule is C=Cc1cccc(Nc2c(C#N)cnc3cc(O)c(N(C)C(=O)/C=C/CN(CC)CC)cc23)c1. The fourth-order valence-electron chi connectivity index (χ4n) is 3.61. The Morgan fingerprint density at radius 2 is 2.03 bits per heavy atom. The lowest BCUT2D eigenvalue weighted by Gasteiger charge is -2.19. The van der Waals surface area contributed by atoms with Crippen LogP contribution in [0.1, 0.15) is 25.0 Å². The van der Waals surface area contributed by atoms with E-state index in [0.29, 0.717) is 34.4 Å². The summed E-state index contributed by atoms with van der Waals surface area (Å²) in [5.41, 5.74) is 3.43. The second-order valence-electron chi connectivity index (χ2n) is 7.76. The first-order chi connectivity index (χ1) is 16.4. The number of likely N-dealkylation sites (N-methyl/N-ethyl adjacent to an activating group) is 2. The van der Waals surface area contributed by atoms with E-state index in [0.717, 1.165) is 24.3 Å². The van der Waals surface area contributed by atoms with Crippen molar-refractivity contribution in [3.05, 3.63) is 72.5 Å². The molecule has 0 bridgehead atoms. The molecule has 0 radical (unpaired) electrons. The summed E-state index contributed by atoms with van der Waals surface area (Å²) in [6.07, 6.45) is 6.53. The molecule has 0 aliphatic carbocycles. The van der Waals surface area contributed by atoms with Gasteiger partial charge in [-0.25, -0.2) is 0 Å². The summed E-state index contributed by atoms with van der Waals surface area (Å²) in [7, 11) is 1.60. The molecule has 0 fully saturated rings. The third kappa shape index (κ3) is 5.42. The van der Waals surface area contributed by atoms with E-state index in [1.54, 1.807) is 19.2 Å². The quantitative estimate of drug-likeness (QED) is 0.438. The Morgan fingerprint density at radius 1 is 1.26 bits per heavy atom. The van der Waals surface area contributed by atoms with Crippen LogP contribution >= 0.6 is 0 Å². The van der Waals surface area contributed by atoms with Crippen molar-refractivity contribution < 1.29 is 9.90 Å². The first-order valence-electron chi connectivity index (χ1n) is 11.1. The zero-order valence-corrected chi connectivity index (χ0v) is 19.7. The number of nitriles is 1. The Hall–Kier alpha value is -4.15. The molecule has 1 heterocycles. The molecule has 3 aromatic rings. The molecule has 174 valence electrons. The third-order valence-corrected chi connectivity index (χ3v) is 5.69. The van der Waals surface area contributed by atoms with Crippen LogP contribution in [-0.4, -0.2) is 47.6 Å². The summed E-state index contributed by atoms with van der Waals surface area (Å²) in [4.78, 5) is 20.7. The lowest BCUT2D eigenvalue weighted by atomic mass is 10.1. The van der Waals surface area contributed by atoms with Crippen molar-refractivity contribution in [3.63, 3.8) is 0 Å². The van der Waals surface area contributed by atoms with Crippen molar-refractivity contribution in [2.75, 3.05) is 36.9 Å². The van der Waals surface area contributed by atoms with Crippen LogP contribution in [0.2, 0.25) is 0 Å². The highest BCUT2D eigenvalue weighted by Crippen LogP contribution is 2.37. The average molecular weight is 456 g/mol. The van der Waals surface area contributed by atoms with Gasteiger partial charge in [-0.3, -0.25) is 9.78 Å². The minimum absolute atomic E-state index is 0.0719.